The number of amides is 1. The van der Waals surface area contributed by atoms with E-state index < -0.39 is 29.0 Å². The molecule has 0 spiro atoms. The van der Waals surface area contributed by atoms with E-state index in [1.807, 2.05) is 13.1 Å². The van der Waals surface area contributed by atoms with Crippen LogP contribution < -0.4 is 10.2 Å². The van der Waals surface area contributed by atoms with Gasteiger partial charge in [0.15, 0.2) is 0 Å². The smallest absolute Gasteiger partial charge is 0.371 e. The highest BCUT2D eigenvalue weighted by atomic mass is 19.4. The molecule has 3 rings (SSSR count). The van der Waals surface area contributed by atoms with Crippen LogP contribution >= 0.6 is 0 Å². The molecular weight excluding hydrogens is 386 g/mol. The number of halogens is 4. The quantitative estimate of drug-likeness (QED) is 0.748. The Morgan fingerprint density at radius 3 is 2.48 bits per heavy atom. The molecular formula is C21H23F4N3O. The SMILES string of the molecule is CN1CCC(N(C)c2cccc(NC(=O)c3ccc(F)cc3C(F)(F)F)c2)CC1. The fourth-order valence-electron chi connectivity index (χ4n) is 3.54. The van der Waals surface area contributed by atoms with Crippen LogP contribution in [-0.4, -0.2) is 44.0 Å². The predicted molar refractivity (Wildman–Crippen MR) is 105 cm³/mol. The second-order valence-electron chi connectivity index (χ2n) is 7.34. The van der Waals surface area contributed by atoms with Gasteiger partial charge < -0.3 is 15.1 Å². The Labute approximate surface area is 167 Å². The molecule has 156 valence electrons. The normalized spacial score (nSPS) is 15.9. The number of anilines is 2. The second kappa shape index (κ2) is 8.41. The Hall–Kier alpha value is -2.61. The van der Waals surface area contributed by atoms with Crippen LogP contribution in [0.15, 0.2) is 42.5 Å². The number of rotatable bonds is 4. The van der Waals surface area contributed by atoms with E-state index in [1.54, 1.807) is 18.2 Å². The third kappa shape index (κ3) is 5.06. The van der Waals surface area contributed by atoms with Crippen molar-refractivity contribution in [2.45, 2.75) is 25.1 Å². The summed E-state index contributed by atoms with van der Waals surface area (Å²) in [6.45, 7) is 1.99. The molecule has 0 radical (unpaired) electrons. The fraction of sp³-hybridized carbons (Fsp3) is 0.381. The van der Waals surface area contributed by atoms with Crippen LogP contribution in [0.3, 0.4) is 0 Å². The van der Waals surface area contributed by atoms with Crippen LogP contribution in [0.2, 0.25) is 0 Å². The van der Waals surface area contributed by atoms with Gasteiger partial charge in [0.2, 0.25) is 0 Å². The van der Waals surface area contributed by atoms with Gasteiger partial charge in [0.25, 0.3) is 5.91 Å². The minimum atomic E-state index is -4.83. The van der Waals surface area contributed by atoms with Gasteiger partial charge in [-0.15, -0.1) is 0 Å². The van der Waals surface area contributed by atoms with E-state index >= 15 is 0 Å². The molecule has 4 nitrogen and oxygen atoms in total. The first kappa shape index (κ1) is 21.1. The van der Waals surface area contributed by atoms with Crippen LogP contribution in [0.1, 0.15) is 28.8 Å². The van der Waals surface area contributed by atoms with Gasteiger partial charge in [-0.2, -0.15) is 13.2 Å². The molecule has 0 aromatic heterocycles. The number of hydrogen-bond donors (Lipinski definition) is 1. The van der Waals surface area contributed by atoms with Gasteiger partial charge in [0.1, 0.15) is 5.82 Å². The van der Waals surface area contributed by atoms with Gasteiger partial charge in [0.05, 0.1) is 11.1 Å². The van der Waals surface area contributed by atoms with E-state index in [2.05, 4.69) is 22.2 Å². The first-order chi connectivity index (χ1) is 13.6. The lowest BCUT2D eigenvalue weighted by atomic mass is 10.0. The number of hydrogen-bond acceptors (Lipinski definition) is 3. The maximum absolute atomic E-state index is 13.3. The Kier molecular flexibility index (Phi) is 6.12. The molecule has 1 aliphatic heterocycles. The second-order valence-corrected chi connectivity index (χ2v) is 7.34. The number of likely N-dealkylation sites (tertiary alicyclic amines) is 1. The summed E-state index contributed by atoms with van der Waals surface area (Å²) in [7, 11) is 4.05. The van der Waals surface area contributed by atoms with Crippen molar-refractivity contribution in [3.05, 3.63) is 59.4 Å². The molecule has 1 heterocycles. The van der Waals surface area contributed by atoms with Crippen molar-refractivity contribution in [1.29, 1.82) is 0 Å². The number of nitrogens with one attached hydrogen (secondary N) is 1. The van der Waals surface area contributed by atoms with E-state index in [9.17, 15) is 22.4 Å². The number of piperidine rings is 1. The average Bonchev–Trinajstić information content (AvgIpc) is 2.67. The van der Waals surface area contributed by atoms with E-state index in [0.29, 0.717) is 17.8 Å². The van der Waals surface area contributed by atoms with Crippen LogP contribution in [-0.2, 0) is 6.18 Å². The Morgan fingerprint density at radius 2 is 1.83 bits per heavy atom. The summed E-state index contributed by atoms with van der Waals surface area (Å²) < 4.78 is 52.8. The molecule has 1 amide bonds. The minimum absolute atomic E-state index is 0.333. The summed E-state index contributed by atoms with van der Waals surface area (Å²) in [5.41, 5.74) is -0.667. The zero-order valence-corrected chi connectivity index (χ0v) is 16.3. The molecule has 0 saturated carbocycles. The van der Waals surface area contributed by atoms with Gasteiger partial charge in [-0.3, -0.25) is 4.79 Å². The molecule has 1 N–H and O–H groups in total. The highest BCUT2D eigenvalue weighted by Crippen LogP contribution is 2.33. The minimum Gasteiger partial charge on any atom is -0.371 e. The number of carbonyl (C=O) groups is 1. The molecule has 1 aliphatic rings. The van der Waals surface area contributed by atoms with Crippen LogP contribution in [0.25, 0.3) is 0 Å². The standard InChI is InChI=1S/C21H23F4N3O/c1-27-10-8-16(9-11-27)28(2)17-5-3-4-15(13-17)26-20(29)18-7-6-14(22)12-19(18)21(23,24)25/h3-7,12-13,16H,8-11H2,1-2H3,(H,26,29). The Bertz CT molecular complexity index is 876. The highest BCUT2D eigenvalue weighted by Gasteiger charge is 2.35. The van der Waals surface area contributed by atoms with Crippen molar-refractivity contribution in [2.24, 2.45) is 0 Å². The summed E-state index contributed by atoms with van der Waals surface area (Å²) in [5.74, 6) is -1.98. The summed E-state index contributed by atoms with van der Waals surface area (Å²) in [6, 6.07) is 9.35. The van der Waals surface area contributed by atoms with Crippen LogP contribution in [0.4, 0.5) is 28.9 Å². The zero-order chi connectivity index (χ0) is 21.2. The van der Waals surface area contributed by atoms with Crippen molar-refractivity contribution >= 4 is 17.3 Å². The number of benzene rings is 2. The predicted octanol–water partition coefficient (Wildman–Crippen LogP) is 4.63. The molecule has 0 atom stereocenters. The molecule has 2 aromatic carbocycles. The summed E-state index contributed by atoms with van der Waals surface area (Å²) in [6.07, 6.45) is -2.81. The monoisotopic (exact) mass is 409 g/mol. The van der Waals surface area contributed by atoms with Gasteiger partial charge in [-0.1, -0.05) is 6.07 Å². The zero-order valence-electron chi connectivity index (χ0n) is 16.3. The van der Waals surface area contributed by atoms with Gasteiger partial charge in [-0.05, 0) is 69.4 Å². The molecule has 2 aromatic rings. The van der Waals surface area contributed by atoms with Crippen LogP contribution in [0, 0.1) is 5.82 Å². The molecule has 0 bridgehead atoms. The van der Waals surface area contributed by atoms with E-state index in [1.165, 1.54) is 0 Å². The largest absolute Gasteiger partial charge is 0.417 e. The van der Waals surface area contributed by atoms with Crippen LogP contribution in [0.5, 0.6) is 0 Å². The number of alkyl halides is 3. The summed E-state index contributed by atoms with van der Waals surface area (Å²) in [4.78, 5) is 16.9. The first-order valence-electron chi connectivity index (χ1n) is 9.34. The average molecular weight is 409 g/mol. The summed E-state index contributed by atoms with van der Waals surface area (Å²) >= 11 is 0. The number of nitrogens with zero attached hydrogens (tertiary/aromatic N) is 2. The molecule has 29 heavy (non-hydrogen) atoms. The van der Waals surface area contributed by atoms with Crippen molar-refractivity contribution in [1.82, 2.24) is 4.90 Å². The molecule has 1 fully saturated rings. The summed E-state index contributed by atoms with van der Waals surface area (Å²) in [5, 5.41) is 2.50. The Balaban J connectivity index is 1.78. The lowest BCUT2D eigenvalue weighted by Crippen LogP contribution is -2.42. The Morgan fingerprint density at radius 1 is 1.14 bits per heavy atom. The molecule has 8 heteroatoms. The first-order valence-corrected chi connectivity index (χ1v) is 9.34. The third-order valence-corrected chi connectivity index (χ3v) is 5.28. The van der Waals surface area contributed by atoms with Gasteiger partial charge >= 0.3 is 6.18 Å². The van der Waals surface area contributed by atoms with Crippen molar-refractivity contribution < 1.29 is 22.4 Å². The van der Waals surface area contributed by atoms with E-state index in [0.717, 1.165) is 43.8 Å². The lowest BCUT2D eigenvalue weighted by molar-refractivity contribution is -0.138. The molecule has 1 saturated heterocycles. The third-order valence-electron chi connectivity index (χ3n) is 5.28. The van der Waals surface area contributed by atoms with E-state index in [4.69, 9.17) is 0 Å². The van der Waals surface area contributed by atoms with Crippen molar-refractivity contribution in [3.63, 3.8) is 0 Å². The molecule has 0 aliphatic carbocycles. The van der Waals surface area contributed by atoms with Crippen molar-refractivity contribution in [2.75, 3.05) is 37.4 Å². The van der Waals surface area contributed by atoms with Gasteiger partial charge in [0, 0.05) is 24.5 Å². The maximum Gasteiger partial charge on any atom is 0.417 e. The molecule has 0 unspecified atom stereocenters. The lowest BCUT2D eigenvalue weighted by Gasteiger charge is -2.36. The highest BCUT2D eigenvalue weighted by molar-refractivity contribution is 6.05. The van der Waals surface area contributed by atoms with Crippen molar-refractivity contribution in [3.8, 4) is 0 Å². The van der Waals surface area contributed by atoms with Gasteiger partial charge in [-0.25, -0.2) is 4.39 Å². The maximum atomic E-state index is 13.3. The van der Waals surface area contributed by atoms with E-state index in [-0.39, 0.29) is 0 Å². The fourth-order valence-corrected chi connectivity index (χ4v) is 3.54. The number of carbonyl (C=O) groups excluding carboxylic acids is 1. The topological polar surface area (TPSA) is 35.6 Å².